The second-order valence-electron chi connectivity index (χ2n) is 3.80. The molecular weight excluding hydrogens is 275 g/mol. The highest BCUT2D eigenvalue weighted by molar-refractivity contribution is 7.15. The molecule has 10 heteroatoms. The number of carbonyl (C=O) groups is 1. The van der Waals surface area contributed by atoms with E-state index in [0.717, 1.165) is 0 Å². The number of aromatic carboxylic acids is 1. The molecule has 19 heavy (non-hydrogen) atoms. The fourth-order valence-corrected chi connectivity index (χ4v) is 2.05. The van der Waals surface area contributed by atoms with E-state index in [0.29, 0.717) is 16.6 Å². The molecule has 2 aromatic rings. The Balaban J connectivity index is 1.83. The van der Waals surface area contributed by atoms with Crippen LogP contribution in [-0.4, -0.2) is 42.4 Å². The van der Waals surface area contributed by atoms with Gasteiger partial charge in [0.1, 0.15) is 11.2 Å². The zero-order chi connectivity index (χ0) is 13.8. The quantitative estimate of drug-likeness (QED) is 0.787. The van der Waals surface area contributed by atoms with E-state index in [2.05, 4.69) is 20.5 Å². The van der Waals surface area contributed by atoms with Crippen LogP contribution in [0.4, 0.5) is 9.52 Å². The Kier molecular flexibility index (Phi) is 4.00. The highest BCUT2D eigenvalue weighted by atomic mass is 32.1. The summed E-state index contributed by atoms with van der Waals surface area (Å²) < 4.78 is 14.8. The fraction of sp³-hybridized carbons (Fsp3) is 0.444. The Morgan fingerprint density at radius 3 is 2.89 bits per heavy atom. The molecule has 0 saturated carbocycles. The number of alkyl halides is 1. The highest BCUT2D eigenvalue weighted by Gasteiger charge is 2.13. The van der Waals surface area contributed by atoms with E-state index in [-0.39, 0.29) is 18.7 Å². The van der Waals surface area contributed by atoms with Crippen LogP contribution >= 0.6 is 11.3 Å². The summed E-state index contributed by atoms with van der Waals surface area (Å²) in [5.41, 5.74) is 5.21. The Morgan fingerprint density at radius 2 is 2.32 bits per heavy atom. The summed E-state index contributed by atoms with van der Waals surface area (Å²) in [5, 5.41) is 24.0. The first-order valence-electron chi connectivity index (χ1n) is 5.40. The zero-order valence-electron chi connectivity index (χ0n) is 9.73. The van der Waals surface area contributed by atoms with Crippen molar-refractivity contribution in [3.63, 3.8) is 0 Å². The SMILES string of the molecule is Nc1nnc(CC[C@@H](F)Cn2cc(C(=O)O)nn2)s1. The Bertz CT molecular complexity index is 571. The Labute approximate surface area is 111 Å². The van der Waals surface area contributed by atoms with Gasteiger partial charge < -0.3 is 10.8 Å². The molecule has 0 spiro atoms. The maximum absolute atomic E-state index is 13.7. The molecule has 0 amide bonds. The van der Waals surface area contributed by atoms with E-state index in [1.165, 1.54) is 22.2 Å². The number of hydrogen-bond acceptors (Lipinski definition) is 7. The third-order valence-electron chi connectivity index (χ3n) is 2.30. The van der Waals surface area contributed by atoms with Crippen LogP contribution in [0.2, 0.25) is 0 Å². The lowest BCUT2D eigenvalue weighted by Crippen LogP contribution is -2.13. The van der Waals surface area contributed by atoms with Gasteiger partial charge in [-0.3, -0.25) is 0 Å². The number of anilines is 1. The van der Waals surface area contributed by atoms with E-state index in [1.807, 2.05) is 0 Å². The maximum atomic E-state index is 13.7. The van der Waals surface area contributed by atoms with E-state index < -0.39 is 12.1 Å². The van der Waals surface area contributed by atoms with Crippen molar-refractivity contribution in [2.75, 3.05) is 5.73 Å². The van der Waals surface area contributed by atoms with Crippen LogP contribution in [0.1, 0.15) is 21.9 Å². The van der Waals surface area contributed by atoms with E-state index in [1.54, 1.807) is 0 Å². The molecule has 0 aliphatic carbocycles. The normalized spacial score (nSPS) is 12.5. The van der Waals surface area contributed by atoms with Crippen LogP contribution in [0.25, 0.3) is 0 Å². The van der Waals surface area contributed by atoms with Gasteiger partial charge in [-0.05, 0) is 6.42 Å². The number of nitrogens with zero attached hydrogens (tertiary/aromatic N) is 5. The van der Waals surface area contributed by atoms with Crippen molar-refractivity contribution >= 4 is 22.4 Å². The molecular formula is C9H11FN6O2S. The fourth-order valence-electron chi connectivity index (χ4n) is 1.43. The predicted octanol–water partition coefficient (Wildman–Crippen LogP) is 0.381. The molecule has 0 fully saturated rings. The number of nitrogens with two attached hydrogens (primary N) is 1. The van der Waals surface area contributed by atoms with E-state index >= 15 is 0 Å². The summed E-state index contributed by atoms with van der Waals surface area (Å²) in [6.45, 7) is -0.0471. The van der Waals surface area contributed by atoms with Crippen molar-refractivity contribution in [1.82, 2.24) is 25.2 Å². The first-order valence-corrected chi connectivity index (χ1v) is 6.21. The number of carboxylic acid groups (broad SMARTS) is 1. The molecule has 0 aliphatic rings. The minimum Gasteiger partial charge on any atom is -0.476 e. The molecule has 1 atom stereocenters. The first kappa shape index (κ1) is 13.3. The second-order valence-corrected chi connectivity index (χ2v) is 4.89. The summed E-state index contributed by atoms with van der Waals surface area (Å²) in [7, 11) is 0. The van der Waals surface area contributed by atoms with Gasteiger partial charge in [0.15, 0.2) is 5.69 Å². The van der Waals surface area contributed by atoms with E-state index in [4.69, 9.17) is 10.8 Å². The van der Waals surface area contributed by atoms with Crippen LogP contribution in [-0.2, 0) is 13.0 Å². The molecule has 0 unspecified atom stereocenters. The van der Waals surface area contributed by atoms with Crippen LogP contribution in [0.15, 0.2) is 6.20 Å². The Hall–Kier alpha value is -2.10. The lowest BCUT2D eigenvalue weighted by Gasteiger charge is -2.05. The van der Waals surface area contributed by atoms with Crippen molar-refractivity contribution in [2.45, 2.75) is 25.6 Å². The smallest absolute Gasteiger partial charge is 0.358 e. The van der Waals surface area contributed by atoms with Crippen LogP contribution in [0.3, 0.4) is 0 Å². The number of halogens is 1. The topological polar surface area (TPSA) is 120 Å². The van der Waals surface area contributed by atoms with Crippen molar-refractivity contribution in [3.8, 4) is 0 Å². The number of rotatable bonds is 6. The van der Waals surface area contributed by atoms with E-state index in [9.17, 15) is 9.18 Å². The largest absolute Gasteiger partial charge is 0.476 e. The summed E-state index contributed by atoms with van der Waals surface area (Å²) in [6, 6.07) is 0. The zero-order valence-corrected chi connectivity index (χ0v) is 10.5. The first-order chi connectivity index (χ1) is 9.04. The monoisotopic (exact) mass is 286 g/mol. The van der Waals surface area contributed by atoms with Gasteiger partial charge in [-0.2, -0.15) is 0 Å². The number of carboxylic acids is 1. The Morgan fingerprint density at radius 1 is 1.53 bits per heavy atom. The molecule has 0 bridgehead atoms. The third-order valence-corrected chi connectivity index (χ3v) is 3.11. The van der Waals surface area contributed by atoms with Gasteiger partial charge in [0, 0.05) is 6.42 Å². The van der Waals surface area contributed by atoms with Gasteiger partial charge in [0.25, 0.3) is 0 Å². The number of aryl methyl sites for hydroxylation is 1. The average Bonchev–Trinajstić information content (AvgIpc) is 2.96. The molecule has 2 heterocycles. The summed E-state index contributed by atoms with van der Waals surface area (Å²) in [4.78, 5) is 10.6. The van der Waals surface area contributed by atoms with Gasteiger partial charge in [-0.1, -0.05) is 16.6 Å². The van der Waals surface area contributed by atoms with Crippen molar-refractivity contribution in [2.24, 2.45) is 0 Å². The maximum Gasteiger partial charge on any atom is 0.358 e. The van der Waals surface area contributed by atoms with Gasteiger partial charge in [0.05, 0.1) is 12.7 Å². The standard InChI is InChI=1S/C9H11FN6O2S/c10-5(1-2-7-13-14-9(11)19-7)3-16-4-6(8(17)18)12-15-16/h4-5H,1-3H2,(H2,11,14)(H,17,18)/t5-/m1/s1. The lowest BCUT2D eigenvalue weighted by molar-refractivity contribution is 0.0690. The van der Waals surface area contributed by atoms with Crippen LogP contribution < -0.4 is 5.73 Å². The minimum atomic E-state index is -1.19. The molecule has 2 aromatic heterocycles. The van der Waals surface area contributed by atoms with Gasteiger partial charge in [-0.25, -0.2) is 13.9 Å². The number of nitrogen functional groups attached to an aromatic ring is 1. The molecule has 0 aliphatic heterocycles. The lowest BCUT2D eigenvalue weighted by atomic mass is 10.2. The van der Waals surface area contributed by atoms with Crippen LogP contribution in [0, 0.1) is 0 Å². The summed E-state index contributed by atoms with van der Waals surface area (Å²) in [5.74, 6) is -1.19. The molecule has 0 saturated heterocycles. The summed E-state index contributed by atoms with van der Waals surface area (Å²) in [6.07, 6.45) is 0.680. The van der Waals surface area contributed by atoms with Gasteiger partial charge >= 0.3 is 5.97 Å². The molecule has 0 aromatic carbocycles. The molecule has 102 valence electrons. The van der Waals surface area contributed by atoms with Crippen LogP contribution in [0.5, 0.6) is 0 Å². The number of hydrogen-bond donors (Lipinski definition) is 2. The highest BCUT2D eigenvalue weighted by Crippen LogP contribution is 2.15. The molecule has 8 nitrogen and oxygen atoms in total. The van der Waals surface area contributed by atoms with Gasteiger partial charge in [-0.15, -0.1) is 15.3 Å². The molecule has 3 N–H and O–H groups in total. The predicted molar refractivity (Wildman–Crippen MR) is 64.5 cm³/mol. The minimum absolute atomic E-state index is 0.0471. The van der Waals surface area contributed by atoms with Crippen molar-refractivity contribution < 1.29 is 14.3 Å². The van der Waals surface area contributed by atoms with Crippen molar-refractivity contribution in [3.05, 3.63) is 16.9 Å². The third kappa shape index (κ3) is 3.68. The summed E-state index contributed by atoms with van der Waals surface area (Å²) >= 11 is 1.22. The molecule has 0 radical (unpaired) electrons. The van der Waals surface area contributed by atoms with Crippen molar-refractivity contribution in [1.29, 1.82) is 0 Å². The molecule has 2 rings (SSSR count). The van der Waals surface area contributed by atoms with Gasteiger partial charge in [0.2, 0.25) is 5.13 Å². The second kappa shape index (κ2) is 5.69. The number of aromatic nitrogens is 5. The average molecular weight is 286 g/mol.